The molecule has 1 aromatic heterocycles. The van der Waals surface area contributed by atoms with E-state index in [9.17, 15) is 24.8 Å². The maximum atomic E-state index is 12.9. The van der Waals surface area contributed by atoms with E-state index in [0.717, 1.165) is 17.8 Å². The van der Waals surface area contributed by atoms with Crippen molar-refractivity contribution in [1.82, 2.24) is 4.98 Å². The zero-order valence-corrected chi connectivity index (χ0v) is 17.2. The fourth-order valence-electron chi connectivity index (χ4n) is 3.17. The largest absolute Gasteiger partial charge is 0.476 e. The molecule has 0 atom stereocenters. The van der Waals surface area contributed by atoms with Crippen molar-refractivity contribution >= 4 is 39.8 Å². The number of nitro groups is 1. The number of carboxylic acid groups (broad SMARTS) is 1. The van der Waals surface area contributed by atoms with Crippen LogP contribution in [0.1, 0.15) is 43.4 Å². The maximum Gasteiger partial charge on any atom is 0.360 e. The highest BCUT2D eigenvalue weighted by molar-refractivity contribution is 7.13. The van der Waals surface area contributed by atoms with Crippen LogP contribution in [-0.2, 0) is 25.8 Å². The van der Waals surface area contributed by atoms with E-state index >= 15 is 0 Å². The molecule has 0 saturated heterocycles. The summed E-state index contributed by atoms with van der Waals surface area (Å²) in [4.78, 5) is 44.1. The minimum absolute atomic E-state index is 0.0419. The highest BCUT2D eigenvalue weighted by Crippen LogP contribution is 2.34. The Morgan fingerprint density at radius 2 is 1.94 bits per heavy atom. The van der Waals surface area contributed by atoms with Gasteiger partial charge in [0.05, 0.1) is 4.92 Å². The van der Waals surface area contributed by atoms with Crippen LogP contribution in [0.4, 0.5) is 10.8 Å². The minimum Gasteiger partial charge on any atom is -0.476 e. The molecule has 0 unspecified atom stereocenters. The number of aromatic nitrogens is 1. The van der Waals surface area contributed by atoms with Gasteiger partial charge in [0.25, 0.3) is 5.69 Å². The molecule has 0 spiro atoms. The van der Waals surface area contributed by atoms with Crippen LogP contribution in [0.25, 0.3) is 0 Å². The van der Waals surface area contributed by atoms with Gasteiger partial charge < -0.3 is 20.4 Å². The monoisotopic (exact) mass is 448 g/mol. The van der Waals surface area contributed by atoms with Crippen LogP contribution in [0.2, 0.25) is 0 Å². The number of benzene rings is 1. The summed E-state index contributed by atoms with van der Waals surface area (Å²) in [6.07, 6.45) is 2.92. The molecule has 3 N–H and O–H groups in total. The van der Waals surface area contributed by atoms with Crippen molar-refractivity contribution in [2.75, 3.05) is 5.73 Å². The summed E-state index contributed by atoms with van der Waals surface area (Å²) in [7, 11) is 0. The highest BCUT2D eigenvalue weighted by Gasteiger charge is 2.44. The Bertz CT molecular complexity index is 997. The van der Waals surface area contributed by atoms with E-state index < -0.39 is 28.2 Å². The number of nitrogens with zero attached hydrogens (tertiary/aromatic N) is 3. The van der Waals surface area contributed by atoms with Crippen molar-refractivity contribution in [2.45, 2.75) is 44.3 Å². The number of esters is 1. The van der Waals surface area contributed by atoms with Gasteiger partial charge in [-0.05, 0) is 30.5 Å². The average Bonchev–Trinajstić information content (AvgIpc) is 3.18. The fourth-order valence-corrected chi connectivity index (χ4v) is 3.72. The summed E-state index contributed by atoms with van der Waals surface area (Å²) >= 11 is 1.06. The van der Waals surface area contributed by atoms with Crippen LogP contribution in [0, 0.1) is 10.1 Å². The number of hydrogen-bond donors (Lipinski definition) is 2. The Kier molecular flexibility index (Phi) is 6.80. The van der Waals surface area contributed by atoms with Gasteiger partial charge in [-0.3, -0.25) is 10.1 Å². The van der Waals surface area contributed by atoms with E-state index in [1.54, 1.807) is 0 Å². The third-order valence-corrected chi connectivity index (χ3v) is 5.50. The molecule has 0 bridgehead atoms. The molecule has 0 aliphatic heterocycles. The van der Waals surface area contributed by atoms with E-state index in [1.165, 1.54) is 29.6 Å². The molecule has 11 nitrogen and oxygen atoms in total. The molecule has 0 radical (unpaired) electrons. The molecule has 164 valence electrons. The van der Waals surface area contributed by atoms with E-state index in [0.29, 0.717) is 31.2 Å². The molecule has 1 heterocycles. The summed E-state index contributed by atoms with van der Waals surface area (Å²) < 4.78 is 5.39. The van der Waals surface area contributed by atoms with Crippen LogP contribution >= 0.6 is 11.3 Å². The number of carboxylic acids is 1. The first-order valence-electron chi connectivity index (χ1n) is 9.42. The van der Waals surface area contributed by atoms with Gasteiger partial charge in [0.1, 0.15) is 12.3 Å². The molecule has 12 heteroatoms. The number of oxime groups is 1. The number of carbonyl (C=O) groups excluding carboxylic acids is 1. The summed E-state index contributed by atoms with van der Waals surface area (Å²) in [5.41, 5.74) is 4.22. The summed E-state index contributed by atoms with van der Waals surface area (Å²) in [5.74, 6) is -2.03. The SMILES string of the molecule is Nc1nc(/C(=N\OC2(C(=O)OCc3ccc([N+](=O)[O-])cc3)CCCCC2)C(=O)O)cs1. The van der Waals surface area contributed by atoms with Crippen LogP contribution in [0.5, 0.6) is 0 Å². The van der Waals surface area contributed by atoms with Gasteiger partial charge in [-0.15, -0.1) is 11.3 Å². The van der Waals surface area contributed by atoms with Crippen molar-refractivity contribution in [2.24, 2.45) is 5.16 Å². The number of nitrogens with two attached hydrogens (primary N) is 1. The first kappa shape index (κ1) is 22.2. The number of rotatable bonds is 8. The second kappa shape index (κ2) is 9.51. The maximum absolute atomic E-state index is 12.9. The molecule has 3 rings (SSSR count). The van der Waals surface area contributed by atoms with Crippen LogP contribution in [-0.4, -0.2) is 38.3 Å². The number of non-ortho nitro benzene ring substituents is 1. The average molecular weight is 448 g/mol. The quantitative estimate of drug-likeness (QED) is 0.267. The standard InChI is InChI=1S/C19H20N4O7S/c20-18-21-14(11-31-18)15(16(24)25)22-30-19(8-2-1-3-9-19)17(26)29-10-12-4-6-13(7-5-12)23(27)28/h4-7,11H,1-3,8-10H2,(H2,20,21)(H,24,25)/b22-15+. The minimum atomic E-state index is -1.42. The number of anilines is 1. The Balaban J connectivity index is 1.75. The lowest BCUT2D eigenvalue weighted by atomic mass is 9.85. The van der Waals surface area contributed by atoms with Crippen LogP contribution < -0.4 is 5.73 Å². The predicted octanol–water partition coefficient (Wildman–Crippen LogP) is 2.89. The lowest BCUT2D eigenvalue weighted by Gasteiger charge is -2.32. The summed E-state index contributed by atoms with van der Waals surface area (Å²) in [6.45, 7) is -0.111. The van der Waals surface area contributed by atoms with Gasteiger partial charge in [0.2, 0.25) is 11.3 Å². The van der Waals surface area contributed by atoms with Crippen molar-refractivity contribution in [1.29, 1.82) is 0 Å². The van der Waals surface area contributed by atoms with E-state index in [-0.39, 0.29) is 23.1 Å². The second-order valence-corrected chi connectivity index (χ2v) is 7.85. The normalized spacial score (nSPS) is 15.8. The molecular weight excluding hydrogens is 428 g/mol. The van der Waals surface area contributed by atoms with Gasteiger partial charge in [-0.1, -0.05) is 11.6 Å². The van der Waals surface area contributed by atoms with Crippen LogP contribution in [0.15, 0.2) is 34.8 Å². The number of nitro benzene ring substituents is 1. The lowest BCUT2D eigenvalue weighted by Crippen LogP contribution is -2.44. The topological polar surface area (TPSA) is 167 Å². The molecule has 1 fully saturated rings. The van der Waals surface area contributed by atoms with Crippen molar-refractivity contribution in [3.05, 3.63) is 51.0 Å². The first-order valence-corrected chi connectivity index (χ1v) is 10.3. The Morgan fingerprint density at radius 1 is 1.26 bits per heavy atom. The fraction of sp³-hybridized carbons (Fsp3) is 0.368. The number of carbonyl (C=O) groups is 2. The van der Waals surface area contributed by atoms with Gasteiger partial charge in [-0.25, -0.2) is 14.6 Å². The highest BCUT2D eigenvalue weighted by atomic mass is 32.1. The van der Waals surface area contributed by atoms with Crippen molar-refractivity contribution in [3.8, 4) is 0 Å². The Hall–Kier alpha value is -3.54. The molecule has 31 heavy (non-hydrogen) atoms. The van der Waals surface area contributed by atoms with E-state index in [2.05, 4.69) is 10.1 Å². The van der Waals surface area contributed by atoms with E-state index in [4.69, 9.17) is 15.3 Å². The smallest absolute Gasteiger partial charge is 0.360 e. The number of nitrogen functional groups attached to an aromatic ring is 1. The number of hydrogen-bond acceptors (Lipinski definition) is 10. The van der Waals surface area contributed by atoms with Gasteiger partial charge in [0.15, 0.2) is 5.13 Å². The number of aliphatic carboxylic acids is 1. The zero-order valence-electron chi connectivity index (χ0n) is 16.4. The molecule has 1 saturated carbocycles. The molecule has 2 aromatic rings. The van der Waals surface area contributed by atoms with E-state index in [1.807, 2.05) is 0 Å². The first-order chi connectivity index (χ1) is 14.8. The summed E-state index contributed by atoms with van der Waals surface area (Å²) in [6, 6.07) is 5.62. The van der Waals surface area contributed by atoms with Crippen LogP contribution in [0.3, 0.4) is 0 Å². The number of ether oxygens (including phenoxy) is 1. The molecule has 0 amide bonds. The molecule has 1 aromatic carbocycles. The number of thiazole rings is 1. The molecule has 1 aliphatic carbocycles. The second-order valence-electron chi connectivity index (χ2n) is 6.96. The van der Waals surface area contributed by atoms with Crippen molar-refractivity contribution < 1.29 is 29.2 Å². The lowest BCUT2D eigenvalue weighted by molar-refractivity contribution is -0.384. The summed E-state index contributed by atoms with van der Waals surface area (Å²) in [5, 5.41) is 25.6. The van der Waals surface area contributed by atoms with Crippen molar-refractivity contribution in [3.63, 3.8) is 0 Å². The van der Waals surface area contributed by atoms with Gasteiger partial charge in [-0.2, -0.15) is 0 Å². The molecular formula is C19H20N4O7S. The third-order valence-electron chi connectivity index (χ3n) is 4.83. The predicted molar refractivity (Wildman–Crippen MR) is 110 cm³/mol. The zero-order chi connectivity index (χ0) is 22.4. The Morgan fingerprint density at radius 3 is 2.48 bits per heavy atom. The van der Waals surface area contributed by atoms with Gasteiger partial charge in [0, 0.05) is 30.4 Å². The molecule has 1 aliphatic rings. The Labute approximate surface area is 180 Å². The van der Waals surface area contributed by atoms with Gasteiger partial charge >= 0.3 is 11.9 Å². The third kappa shape index (κ3) is 5.34.